The summed E-state index contributed by atoms with van der Waals surface area (Å²) in [6.45, 7) is 0. The van der Waals surface area contributed by atoms with Crippen molar-refractivity contribution in [3.63, 3.8) is 0 Å². The fourth-order valence-corrected chi connectivity index (χ4v) is 3.10. The van der Waals surface area contributed by atoms with E-state index in [1.807, 2.05) is 11.6 Å². The molecule has 0 spiro atoms. The molecule has 0 bridgehead atoms. The second-order valence-corrected chi connectivity index (χ2v) is 5.25. The molecule has 0 saturated heterocycles. The first-order chi connectivity index (χ1) is 9.08. The quantitative estimate of drug-likeness (QED) is 0.812. The van der Waals surface area contributed by atoms with Crippen molar-refractivity contribution in [1.29, 1.82) is 0 Å². The van der Waals surface area contributed by atoms with Crippen LogP contribution in [0.2, 0.25) is 0 Å². The summed E-state index contributed by atoms with van der Waals surface area (Å²) in [5.74, 6) is 0.471. The fourth-order valence-electron chi connectivity index (χ4n) is 3.10. The summed E-state index contributed by atoms with van der Waals surface area (Å²) in [6.07, 6.45) is 4.72. The number of anilines is 1. The molecule has 0 atom stereocenters. The van der Waals surface area contributed by atoms with Crippen molar-refractivity contribution in [2.45, 2.75) is 31.6 Å². The van der Waals surface area contributed by atoms with Gasteiger partial charge >= 0.3 is 5.97 Å². The Hall–Kier alpha value is -2.04. The topological polar surface area (TPSA) is 81.1 Å². The predicted molar refractivity (Wildman–Crippen MR) is 73.3 cm³/mol. The molecule has 100 valence electrons. The maximum atomic E-state index is 11.4. The second kappa shape index (κ2) is 4.26. The highest BCUT2D eigenvalue weighted by Gasteiger charge is 2.24. The van der Waals surface area contributed by atoms with E-state index in [4.69, 9.17) is 5.73 Å². The molecule has 1 aliphatic rings. The van der Waals surface area contributed by atoms with Crippen molar-refractivity contribution in [3.05, 3.63) is 23.5 Å². The van der Waals surface area contributed by atoms with E-state index < -0.39 is 5.97 Å². The second-order valence-electron chi connectivity index (χ2n) is 5.25. The van der Waals surface area contributed by atoms with Crippen molar-refractivity contribution in [2.75, 3.05) is 5.73 Å². The van der Waals surface area contributed by atoms with Crippen LogP contribution in [0, 0.1) is 0 Å². The Bertz CT molecular complexity index is 654. The lowest BCUT2D eigenvalue weighted by Crippen LogP contribution is -2.05. The Morgan fingerprint density at radius 2 is 2.11 bits per heavy atom. The lowest BCUT2D eigenvalue weighted by Gasteiger charge is -2.09. The standard InChI is InChI=1S/C14H17N3O2/c1-17-12-10(14(18)19)6-9(15)7-11(12)16-13(17)8-4-2-3-5-8/h6-8H,2-5,15H2,1H3,(H,18,19). The van der Waals surface area contributed by atoms with Gasteiger partial charge in [0.25, 0.3) is 0 Å². The van der Waals surface area contributed by atoms with Crippen LogP contribution in [0.1, 0.15) is 47.8 Å². The summed E-state index contributed by atoms with van der Waals surface area (Å²) in [6, 6.07) is 3.25. The molecule has 1 aliphatic carbocycles. The summed E-state index contributed by atoms with van der Waals surface area (Å²) in [5.41, 5.74) is 7.79. The molecule has 1 aromatic carbocycles. The number of carbonyl (C=O) groups is 1. The molecule has 0 amide bonds. The first kappa shape index (κ1) is 12.0. The van der Waals surface area contributed by atoms with Gasteiger partial charge in [-0.15, -0.1) is 0 Å². The van der Waals surface area contributed by atoms with Crippen LogP contribution in [0.4, 0.5) is 5.69 Å². The molecule has 1 fully saturated rings. The lowest BCUT2D eigenvalue weighted by atomic mass is 10.1. The van der Waals surface area contributed by atoms with E-state index >= 15 is 0 Å². The Morgan fingerprint density at radius 3 is 2.74 bits per heavy atom. The van der Waals surface area contributed by atoms with Gasteiger partial charge in [-0.3, -0.25) is 0 Å². The van der Waals surface area contributed by atoms with Gasteiger partial charge in [0.2, 0.25) is 0 Å². The third kappa shape index (κ3) is 1.85. The van der Waals surface area contributed by atoms with Gasteiger partial charge in [0, 0.05) is 18.7 Å². The Labute approximate surface area is 111 Å². The number of aromatic nitrogens is 2. The Kier molecular flexibility index (Phi) is 2.69. The van der Waals surface area contributed by atoms with Gasteiger partial charge in [-0.05, 0) is 25.0 Å². The molecule has 5 heteroatoms. The predicted octanol–water partition coefficient (Wildman–Crippen LogP) is 2.51. The lowest BCUT2D eigenvalue weighted by molar-refractivity contribution is 0.0698. The van der Waals surface area contributed by atoms with Gasteiger partial charge in [-0.2, -0.15) is 0 Å². The summed E-state index contributed by atoms with van der Waals surface area (Å²) in [4.78, 5) is 16.0. The van der Waals surface area contributed by atoms with Crippen LogP contribution in [0.5, 0.6) is 0 Å². The number of aromatic carboxylic acids is 1. The largest absolute Gasteiger partial charge is 0.478 e. The smallest absolute Gasteiger partial charge is 0.337 e. The zero-order valence-electron chi connectivity index (χ0n) is 10.9. The molecule has 19 heavy (non-hydrogen) atoms. The molecular formula is C14H17N3O2. The first-order valence-corrected chi connectivity index (χ1v) is 6.57. The molecule has 0 aliphatic heterocycles. The Morgan fingerprint density at radius 1 is 1.42 bits per heavy atom. The summed E-state index contributed by atoms with van der Waals surface area (Å²) in [7, 11) is 1.89. The van der Waals surface area contributed by atoms with E-state index in [1.54, 1.807) is 6.07 Å². The van der Waals surface area contributed by atoms with Crippen molar-refractivity contribution in [3.8, 4) is 0 Å². The van der Waals surface area contributed by atoms with Gasteiger partial charge in [0.1, 0.15) is 5.82 Å². The van der Waals surface area contributed by atoms with Crippen LogP contribution in [-0.4, -0.2) is 20.6 Å². The molecule has 2 aromatic rings. The molecular weight excluding hydrogens is 242 g/mol. The number of carboxylic acid groups (broad SMARTS) is 1. The van der Waals surface area contributed by atoms with Crippen LogP contribution >= 0.6 is 0 Å². The molecule has 3 rings (SSSR count). The zero-order chi connectivity index (χ0) is 13.6. The Balaban J connectivity index is 2.25. The van der Waals surface area contributed by atoms with Crippen LogP contribution < -0.4 is 5.73 Å². The van der Waals surface area contributed by atoms with Gasteiger partial charge in [-0.25, -0.2) is 9.78 Å². The monoisotopic (exact) mass is 259 g/mol. The van der Waals surface area contributed by atoms with E-state index in [0.717, 1.165) is 18.7 Å². The number of carboxylic acids is 1. The zero-order valence-corrected chi connectivity index (χ0v) is 10.9. The van der Waals surface area contributed by atoms with E-state index in [9.17, 15) is 9.90 Å². The van der Waals surface area contributed by atoms with Gasteiger partial charge in [0.15, 0.2) is 0 Å². The number of fused-ring (bicyclic) bond motifs is 1. The highest BCUT2D eigenvalue weighted by atomic mass is 16.4. The van der Waals surface area contributed by atoms with Gasteiger partial charge in [0.05, 0.1) is 16.6 Å². The van der Waals surface area contributed by atoms with Crippen LogP contribution in [0.3, 0.4) is 0 Å². The van der Waals surface area contributed by atoms with Gasteiger partial charge in [-0.1, -0.05) is 12.8 Å². The fraction of sp³-hybridized carbons (Fsp3) is 0.429. The number of hydrogen-bond donors (Lipinski definition) is 2. The summed E-state index contributed by atoms with van der Waals surface area (Å²) in [5, 5.41) is 9.31. The summed E-state index contributed by atoms with van der Waals surface area (Å²) < 4.78 is 1.92. The van der Waals surface area contributed by atoms with Crippen molar-refractivity contribution in [2.24, 2.45) is 7.05 Å². The average molecular weight is 259 g/mol. The minimum atomic E-state index is -0.960. The molecule has 1 saturated carbocycles. The average Bonchev–Trinajstić information content (AvgIpc) is 2.96. The number of imidazole rings is 1. The van der Waals surface area contributed by atoms with E-state index in [-0.39, 0.29) is 5.56 Å². The number of nitrogen functional groups attached to an aromatic ring is 1. The first-order valence-electron chi connectivity index (χ1n) is 6.57. The van der Waals surface area contributed by atoms with Crippen molar-refractivity contribution < 1.29 is 9.90 Å². The number of nitrogens with zero attached hydrogens (tertiary/aromatic N) is 2. The van der Waals surface area contributed by atoms with Gasteiger partial charge < -0.3 is 15.4 Å². The molecule has 0 radical (unpaired) electrons. The SMILES string of the molecule is Cn1c(C2CCCC2)nc2cc(N)cc(C(=O)O)c21. The number of rotatable bonds is 2. The van der Waals surface area contributed by atoms with Crippen LogP contribution in [-0.2, 0) is 7.05 Å². The third-order valence-electron chi connectivity index (χ3n) is 3.98. The van der Waals surface area contributed by atoms with Crippen LogP contribution in [0.25, 0.3) is 11.0 Å². The summed E-state index contributed by atoms with van der Waals surface area (Å²) >= 11 is 0. The minimum Gasteiger partial charge on any atom is -0.478 e. The van der Waals surface area contributed by atoms with E-state index in [1.165, 1.54) is 18.9 Å². The van der Waals surface area contributed by atoms with Crippen molar-refractivity contribution >= 4 is 22.7 Å². The molecule has 5 nitrogen and oxygen atoms in total. The highest BCUT2D eigenvalue weighted by molar-refractivity contribution is 6.02. The highest BCUT2D eigenvalue weighted by Crippen LogP contribution is 2.35. The number of nitrogens with two attached hydrogens (primary N) is 1. The van der Waals surface area contributed by atoms with E-state index in [2.05, 4.69) is 4.98 Å². The normalized spacial score (nSPS) is 16.3. The maximum Gasteiger partial charge on any atom is 0.337 e. The molecule has 1 aromatic heterocycles. The minimum absolute atomic E-state index is 0.231. The van der Waals surface area contributed by atoms with Crippen LogP contribution in [0.15, 0.2) is 12.1 Å². The number of hydrogen-bond acceptors (Lipinski definition) is 3. The third-order valence-corrected chi connectivity index (χ3v) is 3.98. The molecule has 1 heterocycles. The van der Waals surface area contributed by atoms with E-state index in [0.29, 0.717) is 22.6 Å². The van der Waals surface area contributed by atoms with Crippen molar-refractivity contribution in [1.82, 2.24) is 9.55 Å². The molecule has 0 unspecified atom stereocenters. The number of aryl methyl sites for hydroxylation is 1. The maximum absolute atomic E-state index is 11.4. The molecule has 3 N–H and O–H groups in total. The number of benzene rings is 1.